The zero-order valence-corrected chi connectivity index (χ0v) is 10.0. The number of aromatic nitrogens is 4. The fourth-order valence-electron chi connectivity index (χ4n) is 2.40. The number of fused-ring (bicyclic) bond motifs is 2. The molecule has 19 heavy (non-hydrogen) atoms. The molecule has 0 saturated carbocycles. The highest BCUT2D eigenvalue weighted by Gasteiger charge is 2.10. The van der Waals surface area contributed by atoms with Gasteiger partial charge in [0.15, 0.2) is 5.65 Å². The summed E-state index contributed by atoms with van der Waals surface area (Å²) in [6, 6.07) is 14.5. The Kier molecular flexibility index (Phi) is 2.08. The fourth-order valence-corrected chi connectivity index (χ4v) is 2.40. The van der Waals surface area contributed by atoms with Crippen molar-refractivity contribution in [1.29, 1.82) is 0 Å². The highest BCUT2D eigenvalue weighted by molar-refractivity contribution is 6.01. The smallest absolute Gasteiger partial charge is 0.181 e. The Morgan fingerprint density at radius 3 is 2.74 bits per heavy atom. The molecule has 0 aliphatic carbocycles. The maximum absolute atomic E-state index is 4.42. The van der Waals surface area contributed by atoms with E-state index in [0.29, 0.717) is 5.65 Å². The lowest BCUT2D eigenvalue weighted by Crippen LogP contribution is -1.89. The van der Waals surface area contributed by atoms with E-state index in [4.69, 9.17) is 0 Å². The third kappa shape index (κ3) is 1.50. The second-order valence-corrected chi connectivity index (χ2v) is 4.35. The van der Waals surface area contributed by atoms with E-state index >= 15 is 0 Å². The van der Waals surface area contributed by atoms with Crippen LogP contribution in [0.3, 0.4) is 0 Å². The molecular weight excluding hydrogens is 236 g/mol. The number of nitrogens with one attached hydrogen (secondary N) is 1. The molecule has 4 aromatic rings. The molecule has 0 bridgehead atoms. The van der Waals surface area contributed by atoms with Gasteiger partial charge in [-0.15, -0.1) is 0 Å². The van der Waals surface area contributed by atoms with Crippen LogP contribution in [0.15, 0.2) is 55.1 Å². The molecule has 4 heteroatoms. The van der Waals surface area contributed by atoms with Gasteiger partial charge in [0, 0.05) is 5.56 Å². The number of hydrogen-bond donors (Lipinski definition) is 1. The number of aromatic amines is 1. The minimum Gasteiger partial charge on any atom is -0.341 e. The second-order valence-electron chi connectivity index (χ2n) is 4.35. The summed E-state index contributed by atoms with van der Waals surface area (Å²) in [7, 11) is 0. The first-order valence-corrected chi connectivity index (χ1v) is 6.06. The van der Waals surface area contributed by atoms with Crippen molar-refractivity contribution in [2.24, 2.45) is 0 Å². The molecule has 90 valence electrons. The summed E-state index contributed by atoms with van der Waals surface area (Å²) in [5.74, 6) is 0. The summed E-state index contributed by atoms with van der Waals surface area (Å²) >= 11 is 0. The predicted molar refractivity (Wildman–Crippen MR) is 74.6 cm³/mol. The van der Waals surface area contributed by atoms with Crippen molar-refractivity contribution in [3.63, 3.8) is 0 Å². The Labute approximate surface area is 109 Å². The van der Waals surface area contributed by atoms with Crippen molar-refractivity contribution >= 4 is 21.9 Å². The number of nitrogens with zero attached hydrogens (tertiary/aromatic N) is 3. The molecule has 2 heterocycles. The molecule has 0 amide bonds. The Morgan fingerprint density at radius 2 is 1.74 bits per heavy atom. The summed E-state index contributed by atoms with van der Waals surface area (Å²) < 4.78 is 0. The van der Waals surface area contributed by atoms with Gasteiger partial charge in [-0.2, -0.15) is 0 Å². The van der Waals surface area contributed by atoms with Crippen LogP contribution in [-0.2, 0) is 0 Å². The number of imidazole rings is 1. The molecule has 4 nitrogen and oxygen atoms in total. The lowest BCUT2D eigenvalue weighted by atomic mass is 10.0. The van der Waals surface area contributed by atoms with Crippen LogP contribution in [0, 0.1) is 0 Å². The molecule has 1 N–H and O–H groups in total. The van der Waals surface area contributed by atoms with Crippen molar-refractivity contribution in [2.75, 3.05) is 0 Å². The summed E-state index contributed by atoms with van der Waals surface area (Å²) in [6.45, 7) is 0. The van der Waals surface area contributed by atoms with Gasteiger partial charge in [0.2, 0.25) is 0 Å². The molecule has 4 rings (SSSR count). The standard InChI is InChI=1S/C15H10N4/c1-2-6-11-10(4-1)5-3-7-12(11)13-14-15(18-8-16-13)19-9-17-14/h1-9H,(H,16,17,18,19). The average molecular weight is 246 g/mol. The Balaban J connectivity index is 2.12. The monoisotopic (exact) mass is 246 g/mol. The zero-order chi connectivity index (χ0) is 12.7. The maximum Gasteiger partial charge on any atom is 0.181 e. The number of hydrogen-bond acceptors (Lipinski definition) is 3. The Morgan fingerprint density at radius 1 is 0.842 bits per heavy atom. The summed E-state index contributed by atoms with van der Waals surface area (Å²) in [4.78, 5) is 15.9. The Bertz CT molecular complexity index is 874. The minimum atomic E-state index is 0.693. The van der Waals surface area contributed by atoms with Crippen molar-refractivity contribution in [1.82, 2.24) is 19.9 Å². The molecule has 0 saturated heterocycles. The minimum absolute atomic E-state index is 0.693. The predicted octanol–water partition coefficient (Wildman–Crippen LogP) is 3.17. The molecule has 0 fully saturated rings. The van der Waals surface area contributed by atoms with Crippen LogP contribution in [0.1, 0.15) is 0 Å². The van der Waals surface area contributed by atoms with Gasteiger partial charge in [-0.3, -0.25) is 0 Å². The van der Waals surface area contributed by atoms with E-state index in [-0.39, 0.29) is 0 Å². The summed E-state index contributed by atoms with van der Waals surface area (Å²) in [5, 5.41) is 2.38. The lowest BCUT2D eigenvalue weighted by Gasteiger charge is -2.06. The van der Waals surface area contributed by atoms with Gasteiger partial charge in [-0.1, -0.05) is 42.5 Å². The largest absolute Gasteiger partial charge is 0.341 e. The third-order valence-electron chi connectivity index (χ3n) is 3.27. The molecule has 2 aromatic heterocycles. The topological polar surface area (TPSA) is 54.5 Å². The van der Waals surface area contributed by atoms with Gasteiger partial charge >= 0.3 is 0 Å². The number of benzene rings is 2. The zero-order valence-electron chi connectivity index (χ0n) is 10.0. The fraction of sp³-hybridized carbons (Fsp3) is 0. The molecule has 0 aliphatic heterocycles. The number of rotatable bonds is 1. The molecule has 0 radical (unpaired) electrons. The summed E-state index contributed by atoms with van der Waals surface area (Å²) in [6.07, 6.45) is 3.20. The summed E-state index contributed by atoms with van der Waals surface area (Å²) in [5.41, 5.74) is 3.55. The quantitative estimate of drug-likeness (QED) is 0.561. The van der Waals surface area contributed by atoms with Crippen LogP contribution in [0.25, 0.3) is 33.2 Å². The molecule has 0 aliphatic rings. The normalized spacial score (nSPS) is 11.2. The van der Waals surface area contributed by atoms with Crippen molar-refractivity contribution < 1.29 is 0 Å². The first kappa shape index (κ1) is 10.2. The van der Waals surface area contributed by atoms with E-state index in [9.17, 15) is 0 Å². The van der Waals surface area contributed by atoms with Gasteiger partial charge in [-0.05, 0) is 10.8 Å². The SMILES string of the molecule is c1ccc2c(-c3ncnc4nc[nH]c34)cccc2c1. The van der Waals surface area contributed by atoms with Gasteiger partial charge in [0.05, 0.1) is 6.33 Å². The van der Waals surface area contributed by atoms with Gasteiger partial charge in [-0.25, -0.2) is 15.0 Å². The van der Waals surface area contributed by atoms with E-state index < -0.39 is 0 Å². The second kappa shape index (κ2) is 3.88. The average Bonchev–Trinajstić information content (AvgIpc) is 2.95. The van der Waals surface area contributed by atoms with Crippen LogP contribution in [-0.4, -0.2) is 19.9 Å². The maximum atomic E-state index is 4.42. The van der Waals surface area contributed by atoms with Gasteiger partial charge < -0.3 is 4.98 Å². The molecular formula is C15H10N4. The highest BCUT2D eigenvalue weighted by atomic mass is 15.0. The Hall–Kier alpha value is -2.75. The van der Waals surface area contributed by atoms with Crippen molar-refractivity contribution in [2.45, 2.75) is 0 Å². The first-order valence-electron chi connectivity index (χ1n) is 6.06. The molecule has 0 atom stereocenters. The van der Waals surface area contributed by atoms with Crippen molar-refractivity contribution in [3.8, 4) is 11.3 Å². The van der Waals surface area contributed by atoms with Gasteiger partial charge in [0.1, 0.15) is 17.5 Å². The van der Waals surface area contributed by atoms with E-state index in [1.165, 1.54) is 10.8 Å². The first-order chi connectivity index (χ1) is 9.43. The van der Waals surface area contributed by atoms with E-state index in [1.807, 2.05) is 18.2 Å². The van der Waals surface area contributed by atoms with Crippen LogP contribution in [0.5, 0.6) is 0 Å². The van der Waals surface area contributed by atoms with E-state index in [1.54, 1.807) is 12.7 Å². The molecule has 2 aromatic carbocycles. The van der Waals surface area contributed by atoms with Crippen LogP contribution >= 0.6 is 0 Å². The van der Waals surface area contributed by atoms with Gasteiger partial charge in [0.25, 0.3) is 0 Å². The molecule has 0 spiro atoms. The highest BCUT2D eigenvalue weighted by Crippen LogP contribution is 2.29. The number of H-pyrrole nitrogens is 1. The third-order valence-corrected chi connectivity index (χ3v) is 3.27. The molecule has 0 unspecified atom stereocenters. The van der Waals surface area contributed by atoms with Crippen LogP contribution in [0.4, 0.5) is 0 Å². The van der Waals surface area contributed by atoms with Crippen molar-refractivity contribution in [3.05, 3.63) is 55.1 Å². The van der Waals surface area contributed by atoms with Crippen LogP contribution in [0.2, 0.25) is 0 Å². The van der Waals surface area contributed by atoms with E-state index in [0.717, 1.165) is 16.8 Å². The lowest BCUT2D eigenvalue weighted by molar-refractivity contribution is 1.20. The van der Waals surface area contributed by atoms with E-state index in [2.05, 4.69) is 44.2 Å². The van der Waals surface area contributed by atoms with Crippen LogP contribution < -0.4 is 0 Å².